The molecular formula is C10H12FNO3. The normalized spacial score (nSPS) is 12.4. The zero-order valence-electron chi connectivity index (χ0n) is 7.98. The number of aliphatic hydroxyl groups is 1. The number of carboxylic acids is 1. The molecule has 0 radical (unpaired) electrons. The van der Waals surface area contributed by atoms with Crippen LogP contribution < -0.4 is 5.32 Å². The first-order valence-electron chi connectivity index (χ1n) is 4.48. The van der Waals surface area contributed by atoms with Crippen molar-refractivity contribution in [1.29, 1.82) is 0 Å². The summed E-state index contributed by atoms with van der Waals surface area (Å²) in [6.45, 7) is 0.275. The first kappa shape index (κ1) is 11.6. The summed E-state index contributed by atoms with van der Waals surface area (Å²) in [5, 5.41) is 19.6. The number of carboxylic acid groups (broad SMARTS) is 1. The van der Waals surface area contributed by atoms with E-state index >= 15 is 0 Å². The summed E-state index contributed by atoms with van der Waals surface area (Å²) >= 11 is 0. The van der Waals surface area contributed by atoms with Crippen LogP contribution in [0.25, 0.3) is 0 Å². The van der Waals surface area contributed by atoms with Gasteiger partial charge < -0.3 is 10.2 Å². The van der Waals surface area contributed by atoms with E-state index in [9.17, 15) is 9.18 Å². The second-order valence-corrected chi connectivity index (χ2v) is 3.07. The third-order valence-corrected chi connectivity index (χ3v) is 1.87. The molecule has 4 nitrogen and oxygen atoms in total. The Bertz CT molecular complexity index is 343. The van der Waals surface area contributed by atoms with E-state index < -0.39 is 12.2 Å². The molecule has 0 fully saturated rings. The standard InChI is InChI=1S/C10H12FNO3/c11-8-3-1-2-7(6-8)4-5-12-9(13)10(14)15/h1-3,6,9,12-13H,4-5H2,(H,14,15). The molecule has 0 amide bonds. The fourth-order valence-electron chi connectivity index (χ4n) is 1.13. The Morgan fingerprint density at radius 3 is 2.87 bits per heavy atom. The summed E-state index contributed by atoms with van der Waals surface area (Å²) in [6.07, 6.45) is -1.11. The van der Waals surface area contributed by atoms with Crippen LogP contribution in [0.3, 0.4) is 0 Å². The van der Waals surface area contributed by atoms with Gasteiger partial charge in [-0.2, -0.15) is 0 Å². The number of hydrogen-bond donors (Lipinski definition) is 3. The summed E-state index contributed by atoms with van der Waals surface area (Å²) in [5.41, 5.74) is 0.750. The molecule has 0 aliphatic carbocycles. The molecule has 0 aromatic heterocycles. The number of carbonyl (C=O) groups is 1. The molecule has 1 atom stereocenters. The van der Waals surface area contributed by atoms with Crippen LogP contribution >= 0.6 is 0 Å². The van der Waals surface area contributed by atoms with Crippen molar-refractivity contribution in [2.24, 2.45) is 0 Å². The maximum atomic E-state index is 12.7. The Labute approximate surface area is 86.4 Å². The number of aliphatic carboxylic acids is 1. The van der Waals surface area contributed by atoms with E-state index in [-0.39, 0.29) is 12.4 Å². The second-order valence-electron chi connectivity index (χ2n) is 3.07. The topological polar surface area (TPSA) is 69.6 Å². The van der Waals surface area contributed by atoms with Crippen LogP contribution in [0.5, 0.6) is 0 Å². The highest BCUT2D eigenvalue weighted by Crippen LogP contribution is 2.03. The minimum atomic E-state index is -1.57. The van der Waals surface area contributed by atoms with Gasteiger partial charge in [0.1, 0.15) is 5.82 Å². The Morgan fingerprint density at radius 2 is 2.27 bits per heavy atom. The zero-order valence-corrected chi connectivity index (χ0v) is 7.98. The van der Waals surface area contributed by atoms with E-state index in [2.05, 4.69) is 5.32 Å². The van der Waals surface area contributed by atoms with E-state index in [1.165, 1.54) is 12.1 Å². The van der Waals surface area contributed by atoms with Gasteiger partial charge in [0, 0.05) is 6.54 Å². The fraction of sp³-hybridized carbons (Fsp3) is 0.300. The molecule has 0 spiro atoms. The van der Waals surface area contributed by atoms with E-state index in [4.69, 9.17) is 10.2 Å². The van der Waals surface area contributed by atoms with Crippen LogP contribution in [0.4, 0.5) is 4.39 Å². The lowest BCUT2D eigenvalue weighted by Crippen LogP contribution is -2.37. The predicted octanol–water partition coefficient (Wildman–Crippen LogP) is 0.361. The second kappa shape index (κ2) is 5.43. The number of halogens is 1. The predicted molar refractivity (Wildman–Crippen MR) is 51.7 cm³/mol. The van der Waals surface area contributed by atoms with E-state index in [0.717, 1.165) is 5.56 Å². The molecule has 0 heterocycles. The van der Waals surface area contributed by atoms with E-state index in [1.54, 1.807) is 12.1 Å². The van der Waals surface area contributed by atoms with Gasteiger partial charge in [0.25, 0.3) is 0 Å². The SMILES string of the molecule is O=C(O)C(O)NCCc1cccc(F)c1. The molecule has 0 saturated heterocycles. The van der Waals surface area contributed by atoms with Crippen molar-refractivity contribution < 1.29 is 19.4 Å². The molecule has 15 heavy (non-hydrogen) atoms. The summed E-state index contributed by atoms with van der Waals surface area (Å²) in [6, 6.07) is 6.02. The number of nitrogens with one attached hydrogen (secondary N) is 1. The maximum Gasteiger partial charge on any atom is 0.347 e. The van der Waals surface area contributed by atoms with Gasteiger partial charge >= 0.3 is 5.97 Å². The van der Waals surface area contributed by atoms with Crippen molar-refractivity contribution in [2.45, 2.75) is 12.6 Å². The third-order valence-electron chi connectivity index (χ3n) is 1.87. The number of rotatable bonds is 5. The molecule has 1 aromatic carbocycles. The average Bonchev–Trinajstić information content (AvgIpc) is 2.17. The minimum Gasteiger partial charge on any atom is -0.478 e. The lowest BCUT2D eigenvalue weighted by atomic mass is 10.1. The molecule has 1 aromatic rings. The van der Waals surface area contributed by atoms with Crippen molar-refractivity contribution in [3.05, 3.63) is 35.6 Å². The summed E-state index contributed by atoms with van der Waals surface area (Å²) in [7, 11) is 0. The maximum absolute atomic E-state index is 12.7. The van der Waals surface area contributed by atoms with Gasteiger partial charge in [-0.15, -0.1) is 0 Å². The largest absolute Gasteiger partial charge is 0.478 e. The first-order chi connectivity index (χ1) is 7.09. The van der Waals surface area contributed by atoms with Gasteiger partial charge in [-0.25, -0.2) is 9.18 Å². The molecule has 1 unspecified atom stereocenters. The average molecular weight is 213 g/mol. The van der Waals surface area contributed by atoms with Crippen molar-refractivity contribution in [1.82, 2.24) is 5.32 Å². The van der Waals surface area contributed by atoms with Crippen LogP contribution in [0.15, 0.2) is 24.3 Å². The van der Waals surface area contributed by atoms with Crippen molar-refractivity contribution in [3.8, 4) is 0 Å². The number of benzene rings is 1. The molecule has 0 saturated carbocycles. The Balaban J connectivity index is 2.35. The molecule has 1 rings (SSSR count). The van der Waals surface area contributed by atoms with Crippen molar-refractivity contribution >= 4 is 5.97 Å². The number of aliphatic hydroxyl groups excluding tert-OH is 1. The first-order valence-corrected chi connectivity index (χ1v) is 4.48. The van der Waals surface area contributed by atoms with Gasteiger partial charge in [0.15, 0.2) is 0 Å². The number of hydrogen-bond acceptors (Lipinski definition) is 3. The highest BCUT2D eigenvalue weighted by Gasteiger charge is 2.10. The quantitative estimate of drug-likeness (QED) is 0.618. The van der Waals surface area contributed by atoms with E-state index in [1.807, 2.05) is 0 Å². The highest BCUT2D eigenvalue weighted by atomic mass is 19.1. The molecule has 0 bridgehead atoms. The van der Waals surface area contributed by atoms with Crippen LogP contribution in [0.1, 0.15) is 5.56 Å². The molecular weight excluding hydrogens is 201 g/mol. The molecule has 3 N–H and O–H groups in total. The monoisotopic (exact) mass is 213 g/mol. The summed E-state index contributed by atoms with van der Waals surface area (Å²) in [5.74, 6) is -1.65. The summed E-state index contributed by atoms with van der Waals surface area (Å²) in [4.78, 5) is 10.2. The van der Waals surface area contributed by atoms with Crippen molar-refractivity contribution in [2.75, 3.05) is 6.54 Å². The van der Waals surface area contributed by atoms with E-state index in [0.29, 0.717) is 6.42 Å². The lowest BCUT2D eigenvalue weighted by molar-refractivity contribution is -0.148. The van der Waals surface area contributed by atoms with Gasteiger partial charge in [0.2, 0.25) is 6.23 Å². The minimum absolute atomic E-state index is 0.275. The van der Waals surface area contributed by atoms with Gasteiger partial charge in [0.05, 0.1) is 0 Å². The van der Waals surface area contributed by atoms with Gasteiger partial charge in [-0.05, 0) is 24.1 Å². The Kier molecular flexibility index (Phi) is 4.20. The van der Waals surface area contributed by atoms with Gasteiger partial charge in [-0.3, -0.25) is 5.32 Å². The summed E-state index contributed by atoms with van der Waals surface area (Å²) < 4.78 is 12.7. The van der Waals surface area contributed by atoms with Crippen molar-refractivity contribution in [3.63, 3.8) is 0 Å². The Morgan fingerprint density at radius 1 is 1.53 bits per heavy atom. The highest BCUT2D eigenvalue weighted by molar-refractivity contribution is 5.71. The molecule has 82 valence electrons. The third kappa shape index (κ3) is 4.05. The smallest absolute Gasteiger partial charge is 0.347 e. The van der Waals surface area contributed by atoms with Crippen LogP contribution in [0, 0.1) is 5.82 Å². The van der Waals surface area contributed by atoms with Crippen LogP contribution in [-0.4, -0.2) is 29.0 Å². The zero-order chi connectivity index (χ0) is 11.3. The molecule has 0 aliphatic heterocycles. The molecule has 5 heteroatoms. The van der Waals surface area contributed by atoms with Crippen LogP contribution in [0.2, 0.25) is 0 Å². The Hall–Kier alpha value is -1.46. The fourth-order valence-corrected chi connectivity index (χ4v) is 1.13. The molecule has 0 aliphatic rings. The lowest BCUT2D eigenvalue weighted by Gasteiger charge is -2.07. The van der Waals surface area contributed by atoms with Crippen LogP contribution in [-0.2, 0) is 11.2 Å². The van der Waals surface area contributed by atoms with Gasteiger partial charge in [-0.1, -0.05) is 12.1 Å².